The summed E-state index contributed by atoms with van der Waals surface area (Å²) in [5.74, 6) is 0.841. The van der Waals surface area contributed by atoms with Crippen molar-refractivity contribution in [3.8, 4) is 0 Å². The smallest absolute Gasteiger partial charge is 0.232 e. The summed E-state index contributed by atoms with van der Waals surface area (Å²) in [6.07, 6.45) is 8.80. The first kappa shape index (κ1) is 19.5. The highest BCUT2D eigenvalue weighted by molar-refractivity contribution is 6.30. The predicted molar refractivity (Wildman–Crippen MR) is 107 cm³/mol. The molecule has 1 saturated carbocycles. The van der Waals surface area contributed by atoms with Gasteiger partial charge in [0.05, 0.1) is 11.1 Å². The molecular weight excluding hydrogens is 362 g/mol. The summed E-state index contributed by atoms with van der Waals surface area (Å²) < 4.78 is 0. The third-order valence-corrected chi connectivity index (χ3v) is 5.42. The molecule has 6 nitrogen and oxygen atoms in total. The Morgan fingerprint density at radius 1 is 1.07 bits per heavy atom. The van der Waals surface area contributed by atoms with Crippen molar-refractivity contribution < 1.29 is 4.79 Å². The van der Waals surface area contributed by atoms with Crippen LogP contribution in [0.2, 0.25) is 5.15 Å². The molecule has 0 unspecified atom stereocenters. The maximum Gasteiger partial charge on any atom is 0.232 e. The molecule has 0 spiro atoms. The Balaban J connectivity index is 1.53. The lowest BCUT2D eigenvalue weighted by Crippen LogP contribution is -2.47. The summed E-state index contributed by atoms with van der Waals surface area (Å²) in [4.78, 5) is 25.5. The molecule has 3 rings (SSSR count). The number of nitrogens with one attached hydrogen (secondary N) is 2. The molecule has 1 fully saturated rings. The molecule has 1 aliphatic carbocycles. The summed E-state index contributed by atoms with van der Waals surface area (Å²) in [7, 11) is 0. The molecule has 2 N–H and O–H groups in total. The number of aromatic nitrogens is 3. The Kier molecular flexibility index (Phi) is 5.95. The van der Waals surface area contributed by atoms with E-state index in [1.54, 1.807) is 6.20 Å². The number of carbonyl (C=O) groups excluding carboxylic acids is 1. The van der Waals surface area contributed by atoms with Crippen LogP contribution in [0.15, 0.2) is 30.7 Å². The van der Waals surface area contributed by atoms with Gasteiger partial charge in [-0.3, -0.25) is 9.78 Å². The average Bonchev–Trinajstić information content (AvgIpc) is 2.65. The number of nitrogens with zero attached hydrogens (tertiary/aromatic N) is 3. The van der Waals surface area contributed by atoms with E-state index in [2.05, 4.69) is 31.7 Å². The fourth-order valence-electron chi connectivity index (χ4n) is 3.36. The van der Waals surface area contributed by atoms with Crippen LogP contribution in [-0.4, -0.2) is 32.9 Å². The minimum atomic E-state index is -0.827. The van der Waals surface area contributed by atoms with Crippen LogP contribution >= 0.6 is 11.6 Å². The van der Waals surface area contributed by atoms with E-state index in [4.69, 9.17) is 11.6 Å². The fourth-order valence-corrected chi connectivity index (χ4v) is 3.70. The lowest BCUT2D eigenvalue weighted by atomic mass is 9.86. The summed E-state index contributed by atoms with van der Waals surface area (Å²) in [5.41, 5.74) is 0.828. The molecule has 7 heteroatoms. The molecule has 2 heterocycles. The lowest BCUT2D eigenvalue weighted by molar-refractivity contribution is -0.126. The van der Waals surface area contributed by atoms with Crippen LogP contribution < -0.4 is 10.6 Å². The largest absolute Gasteiger partial charge is 0.367 e. The second kappa shape index (κ2) is 8.21. The van der Waals surface area contributed by atoms with E-state index in [0.29, 0.717) is 11.7 Å². The predicted octanol–water partition coefficient (Wildman–Crippen LogP) is 3.65. The number of hydrogen-bond donors (Lipinski definition) is 2. The van der Waals surface area contributed by atoms with Crippen LogP contribution in [0.5, 0.6) is 0 Å². The molecule has 0 aliphatic heterocycles. The monoisotopic (exact) mass is 387 g/mol. The number of hydrogen-bond acceptors (Lipinski definition) is 5. The maximum absolute atomic E-state index is 12.8. The van der Waals surface area contributed by atoms with E-state index in [0.717, 1.165) is 37.1 Å². The highest BCUT2D eigenvalue weighted by atomic mass is 35.5. The molecular formula is C20H26ClN5O. The summed E-state index contributed by atoms with van der Waals surface area (Å²) >= 11 is 6.13. The van der Waals surface area contributed by atoms with Gasteiger partial charge >= 0.3 is 0 Å². The van der Waals surface area contributed by atoms with Gasteiger partial charge in [0.1, 0.15) is 5.82 Å². The number of rotatable bonds is 5. The zero-order valence-corrected chi connectivity index (χ0v) is 16.8. The second-order valence-corrected chi connectivity index (χ2v) is 8.07. The molecule has 2 aromatic rings. The van der Waals surface area contributed by atoms with Crippen LogP contribution in [-0.2, 0) is 10.2 Å². The summed E-state index contributed by atoms with van der Waals surface area (Å²) in [6.45, 7) is 5.68. The third-order valence-electron chi connectivity index (χ3n) is 5.14. The minimum Gasteiger partial charge on any atom is -0.367 e. The molecule has 0 bridgehead atoms. The van der Waals surface area contributed by atoms with Crippen molar-refractivity contribution in [2.24, 2.45) is 0 Å². The zero-order valence-electron chi connectivity index (χ0n) is 16.0. The van der Waals surface area contributed by atoms with Crippen molar-refractivity contribution in [2.45, 2.75) is 64.0 Å². The topological polar surface area (TPSA) is 79.8 Å². The van der Waals surface area contributed by atoms with Crippen LogP contribution in [0, 0.1) is 6.92 Å². The number of anilines is 1. The van der Waals surface area contributed by atoms with Crippen molar-refractivity contribution in [2.75, 3.05) is 5.32 Å². The van der Waals surface area contributed by atoms with E-state index < -0.39 is 5.41 Å². The van der Waals surface area contributed by atoms with Gasteiger partial charge in [-0.25, -0.2) is 9.97 Å². The quantitative estimate of drug-likeness (QED) is 0.818. The highest BCUT2D eigenvalue weighted by Crippen LogP contribution is 2.28. The molecule has 1 amide bonds. The Hall–Kier alpha value is -2.21. The van der Waals surface area contributed by atoms with Gasteiger partial charge in [-0.1, -0.05) is 17.7 Å². The first-order valence-electron chi connectivity index (χ1n) is 9.33. The lowest BCUT2D eigenvalue weighted by Gasteiger charge is -2.32. The van der Waals surface area contributed by atoms with E-state index in [1.807, 2.05) is 33.0 Å². The SMILES string of the molecule is Cc1ccc(N[C@H]2CC[C@@H](NC(=O)C(C)(C)c3nccnc3Cl)CC2)nc1. The van der Waals surface area contributed by atoms with Crippen LogP contribution in [0.25, 0.3) is 0 Å². The molecule has 27 heavy (non-hydrogen) atoms. The van der Waals surface area contributed by atoms with Crippen LogP contribution in [0.4, 0.5) is 5.82 Å². The standard InChI is InChI=1S/C20H26ClN5O/c1-13-4-9-16(24-12-13)25-14-5-7-15(8-6-14)26-19(27)20(2,3)17-18(21)23-11-10-22-17/h4,9-12,14-15H,5-8H2,1-3H3,(H,24,25)(H,26,27)/t14-,15+. The number of halogens is 1. The van der Waals surface area contributed by atoms with Crippen molar-refractivity contribution >= 4 is 23.3 Å². The van der Waals surface area contributed by atoms with E-state index >= 15 is 0 Å². The van der Waals surface area contributed by atoms with Crippen LogP contribution in [0.3, 0.4) is 0 Å². The van der Waals surface area contributed by atoms with E-state index in [-0.39, 0.29) is 17.1 Å². The molecule has 0 radical (unpaired) electrons. The van der Waals surface area contributed by atoms with Gasteiger partial charge in [0, 0.05) is 30.7 Å². The first-order valence-corrected chi connectivity index (χ1v) is 9.71. The average molecular weight is 388 g/mol. The highest BCUT2D eigenvalue weighted by Gasteiger charge is 2.35. The van der Waals surface area contributed by atoms with Gasteiger partial charge in [0.15, 0.2) is 5.15 Å². The molecule has 0 saturated heterocycles. The molecule has 0 atom stereocenters. The van der Waals surface area contributed by atoms with Crippen molar-refractivity contribution in [1.29, 1.82) is 0 Å². The van der Waals surface area contributed by atoms with Crippen LogP contribution in [0.1, 0.15) is 50.8 Å². The van der Waals surface area contributed by atoms with Gasteiger partial charge in [0.2, 0.25) is 5.91 Å². The minimum absolute atomic E-state index is 0.0680. The zero-order chi connectivity index (χ0) is 19.4. The number of amides is 1. The molecule has 0 aromatic carbocycles. The van der Waals surface area contributed by atoms with Crippen molar-refractivity contribution in [3.05, 3.63) is 47.1 Å². The summed E-state index contributed by atoms with van der Waals surface area (Å²) in [5, 5.41) is 6.93. The van der Waals surface area contributed by atoms with Gasteiger partial charge in [-0.2, -0.15) is 0 Å². The number of carbonyl (C=O) groups is 1. The van der Waals surface area contributed by atoms with Gasteiger partial charge in [0.25, 0.3) is 0 Å². The maximum atomic E-state index is 12.8. The Labute approximate surface area is 165 Å². The van der Waals surface area contributed by atoms with E-state index in [1.165, 1.54) is 6.20 Å². The van der Waals surface area contributed by atoms with Crippen molar-refractivity contribution in [3.63, 3.8) is 0 Å². The molecule has 1 aliphatic rings. The second-order valence-electron chi connectivity index (χ2n) is 7.71. The van der Waals surface area contributed by atoms with Gasteiger partial charge < -0.3 is 10.6 Å². The van der Waals surface area contributed by atoms with Gasteiger partial charge in [-0.05, 0) is 58.1 Å². The number of aryl methyl sites for hydroxylation is 1. The normalized spacial score (nSPS) is 20.1. The summed E-state index contributed by atoms with van der Waals surface area (Å²) in [6, 6.07) is 4.61. The Morgan fingerprint density at radius 2 is 1.74 bits per heavy atom. The van der Waals surface area contributed by atoms with E-state index in [9.17, 15) is 4.79 Å². The van der Waals surface area contributed by atoms with Gasteiger partial charge in [-0.15, -0.1) is 0 Å². The first-order chi connectivity index (χ1) is 12.9. The third kappa shape index (κ3) is 4.75. The Morgan fingerprint density at radius 3 is 2.37 bits per heavy atom. The molecule has 144 valence electrons. The number of pyridine rings is 1. The Bertz CT molecular complexity index is 785. The van der Waals surface area contributed by atoms with Crippen molar-refractivity contribution in [1.82, 2.24) is 20.3 Å². The molecule has 2 aromatic heterocycles. The fraction of sp³-hybridized carbons (Fsp3) is 0.500.